The molecule has 0 aliphatic heterocycles. The third kappa shape index (κ3) is 3.39. The molecule has 1 aromatic carbocycles. The van der Waals surface area contributed by atoms with Gasteiger partial charge in [-0.25, -0.2) is 0 Å². The molecule has 1 atom stereocenters. The zero-order valence-corrected chi connectivity index (χ0v) is 12.1. The summed E-state index contributed by atoms with van der Waals surface area (Å²) in [4.78, 5) is 12.1. The van der Waals surface area contributed by atoms with Gasteiger partial charge in [-0.1, -0.05) is 18.2 Å². The van der Waals surface area contributed by atoms with Crippen molar-refractivity contribution in [1.82, 2.24) is 9.88 Å². The molecule has 108 valence electrons. The molecular weight excluding hydrogens is 252 g/mol. The van der Waals surface area contributed by atoms with Crippen molar-refractivity contribution in [3.63, 3.8) is 0 Å². The number of aromatic nitrogens is 1. The van der Waals surface area contributed by atoms with Crippen molar-refractivity contribution in [1.29, 1.82) is 0 Å². The molecule has 0 aliphatic rings. The number of aryl methyl sites for hydroxylation is 1. The highest BCUT2D eigenvalue weighted by atomic mass is 16.3. The lowest BCUT2D eigenvalue weighted by atomic mass is 10.1. The fraction of sp³-hybridized carbons (Fsp3) is 0.438. The van der Waals surface area contributed by atoms with E-state index in [4.69, 9.17) is 5.11 Å². The molecule has 0 radical (unpaired) electrons. The molecule has 0 spiro atoms. The Balaban J connectivity index is 2.03. The predicted octanol–water partition coefficient (Wildman–Crippen LogP) is 2.00. The second-order valence-electron chi connectivity index (χ2n) is 5.29. The fourth-order valence-electron chi connectivity index (χ4n) is 2.53. The van der Waals surface area contributed by atoms with Gasteiger partial charge in [0.25, 0.3) is 0 Å². The zero-order chi connectivity index (χ0) is 14.5. The van der Waals surface area contributed by atoms with Gasteiger partial charge in [0.1, 0.15) is 0 Å². The minimum atomic E-state index is 0.0341. The minimum Gasteiger partial charge on any atom is -0.396 e. The van der Waals surface area contributed by atoms with Gasteiger partial charge in [0.15, 0.2) is 0 Å². The van der Waals surface area contributed by atoms with E-state index in [0.717, 1.165) is 29.3 Å². The topological polar surface area (TPSA) is 54.3 Å². The number of nitrogens with zero attached hydrogens (tertiary/aromatic N) is 1. The van der Waals surface area contributed by atoms with Crippen LogP contribution in [0.3, 0.4) is 0 Å². The molecule has 1 aromatic heterocycles. The highest BCUT2D eigenvalue weighted by Crippen LogP contribution is 2.20. The Morgan fingerprint density at radius 3 is 2.90 bits per heavy atom. The lowest BCUT2D eigenvalue weighted by Gasteiger charge is -2.12. The van der Waals surface area contributed by atoms with E-state index in [2.05, 4.69) is 11.4 Å². The molecule has 1 amide bonds. The monoisotopic (exact) mass is 274 g/mol. The highest BCUT2D eigenvalue weighted by Gasteiger charge is 2.12. The number of hydrogen-bond donors (Lipinski definition) is 2. The van der Waals surface area contributed by atoms with Crippen LogP contribution in [0.15, 0.2) is 30.5 Å². The van der Waals surface area contributed by atoms with E-state index >= 15 is 0 Å². The second-order valence-corrected chi connectivity index (χ2v) is 5.29. The van der Waals surface area contributed by atoms with Crippen molar-refractivity contribution >= 4 is 16.8 Å². The molecule has 0 aliphatic carbocycles. The van der Waals surface area contributed by atoms with Crippen molar-refractivity contribution < 1.29 is 9.90 Å². The number of fused-ring (bicyclic) bond motifs is 1. The molecule has 1 heterocycles. The van der Waals surface area contributed by atoms with Gasteiger partial charge >= 0.3 is 0 Å². The minimum absolute atomic E-state index is 0.0341. The van der Waals surface area contributed by atoms with Gasteiger partial charge in [-0.05, 0) is 31.4 Å². The number of hydrogen-bond acceptors (Lipinski definition) is 2. The van der Waals surface area contributed by atoms with Crippen LogP contribution in [0.5, 0.6) is 0 Å². The van der Waals surface area contributed by atoms with Gasteiger partial charge < -0.3 is 15.0 Å². The molecule has 0 fully saturated rings. The maximum Gasteiger partial charge on any atom is 0.224 e. The summed E-state index contributed by atoms with van der Waals surface area (Å²) in [6, 6.07) is 8.20. The first-order valence-corrected chi connectivity index (χ1v) is 7.05. The van der Waals surface area contributed by atoms with Gasteiger partial charge in [-0.15, -0.1) is 0 Å². The summed E-state index contributed by atoms with van der Waals surface area (Å²) in [5.74, 6) is 0.0341. The summed E-state index contributed by atoms with van der Waals surface area (Å²) in [6.07, 6.45) is 3.93. The van der Waals surface area contributed by atoms with E-state index in [1.807, 2.05) is 42.9 Å². The van der Waals surface area contributed by atoms with Crippen molar-refractivity contribution in [2.75, 3.05) is 6.61 Å². The molecule has 4 nitrogen and oxygen atoms in total. The number of amides is 1. The summed E-state index contributed by atoms with van der Waals surface area (Å²) in [5.41, 5.74) is 2.19. The third-order valence-electron chi connectivity index (χ3n) is 3.53. The fourth-order valence-corrected chi connectivity index (χ4v) is 2.53. The number of nitrogens with one attached hydrogen (secondary N) is 1. The van der Waals surface area contributed by atoms with Gasteiger partial charge in [-0.2, -0.15) is 0 Å². The molecule has 2 N–H and O–H groups in total. The van der Waals surface area contributed by atoms with Gasteiger partial charge in [0.2, 0.25) is 5.91 Å². The SMILES string of the molecule is CC(CCCO)NC(=O)Cc1cn(C)c2ccccc12. The number of para-hydroxylation sites is 1. The van der Waals surface area contributed by atoms with Crippen LogP contribution >= 0.6 is 0 Å². The first-order chi connectivity index (χ1) is 9.61. The lowest BCUT2D eigenvalue weighted by Crippen LogP contribution is -2.33. The Morgan fingerprint density at radius 2 is 2.15 bits per heavy atom. The molecule has 2 rings (SSSR count). The number of carbonyl (C=O) groups is 1. The quantitative estimate of drug-likeness (QED) is 0.846. The molecule has 20 heavy (non-hydrogen) atoms. The van der Waals surface area contributed by atoms with Crippen LogP contribution in [0.1, 0.15) is 25.3 Å². The van der Waals surface area contributed by atoms with Crippen LogP contribution in [0, 0.1) is 0 Å². The van der Waals surface area contributed by atoms with E-state index in [-0.39, 0.29) is 18.6 Å². The van der Waals surface area contributed by atoms with Crippen molar-refractivity contribution in [3.8, 4) is 0 Å². The number of carbonyl (C=O) groups excluding carboxylic acids is 1. The molecule has 4 heteroatoms. The number of aliphatic hydroxyl groups excluding tert-OH is 1. The second kappa shape index (κ2) is 6.57. The number of benzene rings is 1. The van der Waals surface area contributed by atoms with E-state index in [0.29, 0.717) is 6.42 Å². The Morgan fingerprint density at radius 1 is 1.40 bits per heavy atom. The smallest absolute Gasteiger partial charge is 0.224 e. The van der Waals surface area contributed by atoms with E-state index in [1.54, 1.807) is 0 Å². The summed E-state index contributed by atoms with van der Waals surface area (Å²) >= 11 is 0. The molecule has 2 aromatic rings. The lowest BCUT2D eigenvalue weighted by molar-refractivity contribution is -0.121. The third-order valence-corrected chi connectivity index (χ3v) is 3.53. The van der Waals surface area contributed by atoms with Crippen LogP contribution in [0.25, 0.3) is 10.9 Å². The van der Waals surface area contributed by atoms with Crippen LogP contribution in [0.2, 0.25) is 0 Å². The Labute approximate surface area is 119 Å². The molecule has 0 saturated heterocycles. The zero-order valence-electron chi connectivity index (χ0n) is 12.1. The largest absolute Gasteiger partial charge is 0.396 e. The van der Waals surface area contributed by atoms with Crippen LogP contribution in [0.4, 0.5) is 0 Å². The standard InChI is InChI=1S/C16H22N2O2/c1-12(6-5-9-19)17-16(20)10-13-11-18(2)15-8-4-3-7-14(13)15/h3-4,7-8,11-12,19H,5-6,9-10H2,1-2H3,(H,17,20). The molecule has 0 bridgehead atoms. The van der Waals surface area contributed by atoms with E-state index < -0.39 is 0 Å². The van der Waals surface area contributed by atoms with Crippen LogP contribution in [-0.4, -0.2) is 28.2 Å². The molecular formula is C16H22N2O2. The Kier molecular flexibility index (Phi) is 4.79. The van der Waals surface area contributed by atoms with E-state index in [1.165, 1.54) is 0 Å². The first kappa shape index (κ1) is 14.6. The maximum absolute atomic E-state index is 12.1. The Hall–Kier alpha value is -1.81. The van der Waals surface area contributed by atoms with Crippen molar-refractivity contribution in [2.45, 2.75) is 32.2 Å². The summed E-state index contributed by atoms with van der Waals surface area (Å²) in [7, 11) is 1.99. The normalized spacial score (nSPS) is 12.6. The summed E-state index contributed by atoms with van der Waals surface area (Å²) < 4.78 is 2.05. The summed E-state index contributed by atoms with van der Waals surface area (Å²) in [5, 5.41) is 12.9. The van der Waals surface area contributed by atoms with Gasteiger partial charge in [-0.3, -0.25) is 4.79 Å². The van der Waals surface area contributed by atoms with E-state index in [9.17, 15) is 4.79 Å². The number of aliphatic hydroxyl groups is 1. The van der Waals surface area contributed by atoms with Crippen LogP contribution < -0.4 is 5.32 Å². The average molecular weight is 274 g/mol. The van der Waals surface area contributed by atoms with Gasteiger partial charge in [0.05, 0.1) is 6.42 Å². The summed E-state index contributed by atoms with van der Waals surface area (Å²) in [6.45, 7) is 2.14. The molecule has 1 unspecified atom stereocenters. The Bertz CT molecular complexity index is 589. The predicted molar refractivity (Wildman–Crippen MR) is 80.5 cm³/mol. The van der Waals surface area contributed by atoms with Crippen LogP contribution in [-0.2, 0) is 18.3 Å². The molecule has 0 saturated carbocycles. The number of rotatable bonds is 6. The first-order valence-electron chi connectivity index (χ1n) is 7.05. The highest BCUT2D eigenvalue weighted by molar-refractivity contribution is 5.89. The van der Waals surface area contributed by atoms with Gasteiger partial charge in [0, 0.05) is 36.8 Å². The van der Waals surface area contributed by atoms with Crippen molar-refractivity contribution in [3.05, 3.63) is 36.0 Å². The average Bonchev–Trinajstić information content (AvgIpc) is 2.73. The van der Waals surface area contributed by atoms with Crippen molar-refractivity contribution in [2.24, 2.45) is 7.05 Å². The maximum atomic E-state index is 12.1.